The Kier molecular flexibility index (Phi) is 5.15. The fraction of sp³-hybridized carbons (Fsp3) is 0.273. The molecule has 1 fully saturated rings. The normalized spacial score (nSPS) is 13.8. The van der Waals surface area contributed by atoms with Crippen LogP contribution >= 0.6 is 11.3 Å². The summed E-state index contributed by atoms with van der Waals surface area (Å²) in [4.78, 5) is 23.8. The number of hydrogen-bond donors (Lipinski definition) is 1. The molecule has 0 spiro atoms. The second-order valence-corrected chi connectivity index (χ2v) is 8.31. The number of nitrogens with one attached hydrogen (secondary N) is 1. The van der Waals surface area contributed by atoms with E-state index in [1.807, 2.05) is 48.5 Å². The first kappa shape index (κ1) is 18.7. The predicted octanol–water partition coefficient (Wildman–Crippen LogP) is 4.52. The Bertz CT molecular complexity index is 1160. The molecule has 0 unspecified atom stereocenters. The molecule has 2 aromatic heterocycles. The lowest BCUT2D eigenvalue weighted by Crippen LogP contribution is -2.16. The minimum Gasteiger partial charge on any atom is -0.348 e. The van der Waals surface area contributed by atoms with E-state index in [0.717, 1.165) is 39.7 Å². The molecule has 3 heterocycles. The Labute approximate surface area is 177 Å². The molecule has 1 N–H and O–H groups in total. The van der Waals surface area contributed by atoms with Gasteiger partial charge in [0.1, 0.15) is 0 Å². The summed E-state index contributed by atoms with van der Waals surface area (Å²) in [5, 5.41) is 8.01. The number of fused-ring (bicyclic) bond motifs is 1. The van der Waals surface area contributed by atoms with Crippen LogP contribution in [-0.4, -0.2) is 34.1 Å². The van der Waals surface area contributed by atoms with Crippen LogP contribution in [0.2, 0.25) is 0 Å². The molecule has 1 aliphatic heterocycles. The molecule has 7 nitrogen and oxygen atoms in total. The molecular formula is C22H21N5O2S. The molecule has 1 aliphatic rings. The highest BCUT2D eigenvalue weighted by Gasteiger charge is 2.17. The lowest BCUT2D eigenvalue weighted by atomic mass is 10.2. The largest absolute Gasteiger partial charge is 0.348 e. The molecule has 0 radical (unpaired) electrons. The summed E-state index contributed by atoms with van der Waals surface area (Å²) < 4.78 is 6.36. The number of carbonyl (C=O) groups is 1. The van der Waals surface area contributed by atoms with Gasteiger partial charge in [-0.2, -0.15) is 4.98 Å². The standard InChI is InChI=1S/C22H21N5O2S/c28-19(10-11-20-25-21(26-29-20)15-6-2-1-3-7-15)23-16-8-9-17-18(14-16)30-22(24-17)27-12-4-5-13-27/h1-3,6-9,14H,4-5,10-13H2,(H,23,28). The number of rotatable bonds is 6. The molecule has 30 heavy (non-hydrogen) atoms. The van der Waals surface area contributed by atoms with Crippen LogP contribution < -0.4 is 10.2 Å². The van der Waals surface area contributed by atoms with E-state index in [1.54, 1.807) is 11.3 Å². The second kappa shape index (κ2) is 8.23. The summed E-state index contributed by atoms with van der Waals surface area (Å²) in [6, 6.07) is 15.5. The van der Waals surface area contributed by atoms with Crippen LogP contribution in [0.25, 0.3) is 21.6 Å². The Morgan fingerprint density at radius 2 is 1.93 bits per heavy atom. The van der Waals surface area contributed by atoms with Crippen molar-refractivity contribution < 1.29 is 9.32 Å². The first-order valence-corrected chi connectivity index (χ1v) is 10.9. The minimum absolute atomic E-state index is 0.0851. The van der Waals surface area contributed by atoms with Crippen LogP contribution in [0, 0.1) is 0 Å². The third-order valence-electron chi connectivity index (χ3n) is 5.10. The fourth-order valence-electron chi connectivity index (χ4n) is 3.54. The molecule has 8 heteroatoms. The number of hydrogen-bond acceptors (Lipinski definition) is 7. The quantitative estimate of drug-likeness (QED) is 0.495. The van der Waals surface area contributed by atoms with Crippen molar-refractivity contribution in [1.82, 2.24) is 15.1 Å². The first-order chi connectivity index (χ1) is 14.7. The monoisotopic (exact) mass is 419 g/mol. The number of aromatic nitrogens is 3. The summed E-state index contributed by atoms with van der Waals surface area (Å²) in [5.74, 6) is 0.908. The Morgan fingerprint density at radius 3 is 2.77 bits per heavy atom. The van der Waals surface area contributed by atoms with Crippen molar-refractivity contribution >= 4 is 38.3 Å². The van der Waals surface area contributed by atoms with Gasteiger partial charge >= 0.3 is 0 Å². The third-order valence-corrected chi connectivity index (χ3v) is 6.18. The molecular weight excluding hydrogens is 398 g/mol. The number of benzene rings is 2. The molecule has 0 atom stereocenters. The average molecular weight is 420 g/mol. The van der Waals surface area contributed by atoms with Crippen molar-refractivity contribution in [2.45, 2.75) is 25.7 Å². The molecule has 1 saturated heterocycles. The lowest BCUT2D eigenvalue weighted by molar-refractivity contribution is -0.116. The maximum Gasteiger partial charge on any atom is 0.227 e. The molecule has 152 valence electrons. The smallest absolute Gasteiger partial charge is 0.227 e. The van der Waals surface area contributed by atoms with Crippen LogP contribution in [0.15, 0.2) is 53.1 Å². The van der Waals surface area contributed by atoms with Crippen molar-refractivity contribution in [2.24, 2.45) is 0 Å². The lowest BCUT2D eigenvalue weighted by Gasteiger charge is -2.11. The summed E-state index contributed by atoms with van der Waals surface area (Å²) in [6.07, 6.45) is 3.12. The van der Waals surface area contributed by atoms with Crippen LogP contribution in [-0.2, 0) is 11.2 Å². The van der Waals surface area contributed by atoms with Crippen molar-refractivity contribution in [1.29, 1.82) is 0 Å². The average Bonchev–Trinajstić information content (AvgIpc) is 3.53. The van der Waals surface area contributed by atoms with E-state index in [1.165, 1.54) is 12.8 Å². The fourth-order valence-corrected chi connectivity index (χ4v) is 4.60. The highest BCUT2D eigenvalue weighted by atomic mass is 32.1. The van der Waals surface area contributed by atoms with Gasteiger partial charge in [-0.05, 0) is 31.0 Å². The van der Waals surface area contributed by atoms with E-state index < -0.39 is 0 Å². The van der Waals surface area contributed by atoms with Gasteiger partial charge in [-0.1, -0.05) is 46.8 Å². The van der Waals surface area contributed by atoms with Crippen LogP contribution in [0.3, 0.4) is 0 Å². The Morgan fingerprint density at radius 1 is 1.10 bits per heavy atom. The highest BCUT2D eigenvalue weighted by Crippen LogP contribution is 2.32. The van der Waals surface area contributed by atoms with Crippen LogP contribution in [0.4, 0.5) is 10.8 Å². The molecule has 5 rings (SSSR count). The van der Waals surface area contributed by atoms with E-state index >= 15 is 0 Å². The summed E-state index contributed by atoms with van der Waals surface area (Å²) in [7, 11) is 0. The summed E-state index contributed by atoms with van der Waals surface area (Å²) in [6.45, 7) is 2.15. The minimum atomic E-state index is -0.0851. The van der Waals surface area contributed by atoms with E-state index in [-0.39, 0.29) is 12.3 Å². The van der Waals surface area contributed by atoms with Gasteiger partial charge in [0.2, 0.25) is 17.6 Å². The molecule has 0 aliphatic carbocycles. The molecule has 4 aromatic rings. The topological polar surface area (TPSA) is 84.1 Å². The van der Waals surface area contributed by atoms with Crippen LogP contribution in [0.1, 0.15) is 25.2 Å². The number of aryl methyl sites for hydroxylation is 1. The number of nitrogens with zero attached hydrogens (tertiary/aromatic N) is 4. The SMILES string of the molecule is O=C(CCc1nc(-c2ccccc2)no1)Nc1ccc2nc(N3CCCC3)sc2c1. The molecule has 2 aromatic carbocycles. The van der Waals surface area contributed by atoms with E-state index in [2.05, 4.69) is 20.4 Å². The number of carbonyl (C=O) groups excluding carboxylic acids is 1. The second-order valence-electron chi connectivity index (χ2n) is 7.30. The predicted molar refractivity (Wildman–Crippen MR) is 118 cm³/mol. The van der Waals surface area contributed by atoms with E-state index in [0.29, 0.717) is 18.1 Å². The Balaban J connectivity index is 1.20. The maximum absolute atomic E-state index is 12.4. The van der Waals surface area contributed by atoms with Gasteiger partial charge in [0.25, 0.3) is 0 Å². The zero-order valence-corrected chi connectivity index (χ0v) is 17.2. The summed E-state index contributed by atoms with van der Waals surface area (Å²) in [5.41, 5.74) is 2.64. The third kappa shape index (κ3) is 4.04. The van der Waals surface area contributed by atoms with Crippen molar-refractivity contribution in [2.75, 3.05) is 23.3 Å². The van der Waals surface area contributed by atoms with Gasteiger partial charge in [-0.25, -0.2) is 4.98 Å². The van der Waals surface area contributed by atoms with Gasteiger partial charge < -0.3 is 14.7 Å². The zero-order chi connectivity index (χ0) is 20.3. The molecule has 1 amide bonds. The van der Waals surface area contributed by atoms with Gasteiger partial charge in [0.15, 0.2) is 5.13 Å². The number of amides is 1. The first-order valence-electron chi connectivity index (χ1n) is 10.1. The van der Waals surface area contributed by atoms with Crippen molar-refractivity contribution in [3.05, 3.63) is 54.4 Å². The van der Waals surface area contributed by atoms with Crippen LogP contribution in [0.5, 0.6) is 0 Å². The Hall–Kier alpha value is -3.26. The van der Waals surface area contributed by atoms with Crippen molar-refractivity contribution in [3.8, 4) is 11.4 Å². The zero-order valence-electron chi connectivity index (χ0n) is 16.4. The van der Waals surface area contributed by atoms with E-state index in [4.69, 9.17) is 9.51 Å². The van der Waals surface area contributed by atoms with Gasteiger partial charge in [-0.15, -0.1) is 0 Å². The highest BCUT2D eigenvalue weighted by molar-refractivity contribution is 7.22. The summed E-state index contributed by atoms with van der Waals surface area (Å²) >= 11 is 1.68. The van der Waals surface area contributed by atoms with Gasteiger partial charge in [-0.3, -0.25) is 4.79 Å². The number of thiazole rings is 1. The maximum atomic E-state index is 12.4. The molecule has 0 saturated carbocycles. The van der Waals surface area contributed by atoms with Gasteiger partial charge in [0, 0.05) is 37.2 Å². The molecule has 0 bridgehead atoms. The van der Waals surface area contributed by atoms with Crippen molar-refractivity contribution in [3.63, 3.8) is 0 Å². The van der Waals surface area contributed by atoms with E-state index in [9.17, 15) is 4.79 Å². The number of anilines is 2. The van der Waals surface area contributed by atoms with Gasteiger partial charge in [0.05, 0.1) is 10.2 Å².